The molecule has 1 aromatic heterocycles. The van der Waals surface area contributed by atoms with Crippen molar-refractivity contribution in [3.63, 3.8) is 0 Å². The first-order chi connectivity index (χ1) is 8.36. The van der Waals surface area contributed by atoms with Crippen LogP contribution in [0.5, 0.6) is 0 Å². The van der Waals surface area contributed by atoms with E-state index in [2.05, 4.69) is 16.0 Å². The summed E-state index contributed by atoms with van der Waals surface area (Å²) in [5.74, 6) is 0. The molecular weight excluding hydrogens is 210 g/mol. The number of hydrogen-bond acceptors (Lipinski definition) is 3. The molecule has 3 rings (SSSR count). The van der Waals surface area contributed by atoms with E-state index >= 15 is 0 Å². The normalized spacial score (nSPS) is 31.1. The number of hydrogen-bond donors (Lipinski definition) is 1. The highest BCUT2D eigenvalue weighted by molar-refractivity contribution is 5.18. The average molecular weight is 231 g/mol. The maximum absolute atomic E-state index is 6.40. The van der Waals surface area contributed by atoms with E-state index in [1.807, 2.05) is 18.5 Å². The zero-order chi connectivity index (χ0) is 11.7. The summed E-state index contributed by atoms with van der Waals surface area (Å²) in [6.07, 6.45) is 10.2. The molecule has 92 valence electrons. The molecule has 0 bridgehead atoms. The van der Waals surface area contributed by atoms with Gasteiger partial charge in [-0.05, 0) is 43.9 Å². The van der Waals surface area contributed by atoms with Crippen molar-refractivity contribution in [3.05, 3.63) is 30.1 Å². The molecule has 17 heavy (non-hydrogen) atoms. The fourth-order valence-corrected chi connectivity index (χ4v) is 3.02. The Bertz CT molecular complexity index is 361. The topological polar surface area (TPSA) is 42.1 Å². The minimum Gasteiger partial charge on any atom is -0.326 e. The lowest BCUT2D eigenvalue weighted by Crippen LogP contribution is -2.41. The van der Waals surface area contributed by atoms with Crippen LogP contribution in [0.15, 0.2) is 24.5 Å². The zero-order valence-electron chi connectivity index (χ0n) is 10.3. The molecule has 1 aromatic rings. The van der Waals surface area contributed by atoms with Gasteiger partial charge in [0.05, 0.1) is 6.04 Å². The van der Waals surface area contributed by atoms with Crippen molar-refractivity contribution < 1.29 is 0 Å². The van der Waals surface area contributed by atoms with Crippen molar-refractivity contribution in [3.8, 4) is 0 Å². The predicted molar refractivity (Wildman–Crippen MR) is 68.5 cm³/mol. The van der Waals surface area contributed by atoms with Crippen molar-refractivity contribution in [1.29, 1.82) is 0 Å². The second kappa shape index (κ2) is 4.75. The van der Waals surface area contributed by atoms with E-state index in [-0.39, 0.29) is 6.04 Å². The molecule has 2 N–H and O–H groups in total. The second-order valence-corrected chi connectivity index (χ2v) is 5.36. The van der Waals surface area contributed by atoms with Gasteiger partial charge in [-0.25, -0.2) is 0 Å². The summed E-state index contributed by atoms with van der Waals surface area (Å²) in [7, 11) is 0. The molecule has 3 heteroatoms. The Morgan fingerprint density at radius 3 is 2.82 bits per heavy atom. The minimum absolute atomic E-state index is 0.266. The van der Waals surface area contributed by atoms with Gasteiger partial charge in [0, 0.05) is 24.5 Å². The highest BCUT2D eigenvalue weighted by atomic mass is 15.2. The lowest BCUT2D eigenvalue weighted by Gasteiger charge is -2.33. The van der Waals surface area contributed by atoms with Crippen molar-refractivity contribution in [2.75, 3.05) is 6.54 Å². The SMILES string of the molecule is NC1CCCCN(C2CC2)C1c1cccnc1. The summed E-state index contributed by atoms with van der Waals surface area (Å²) in [5, 5.41) is 0. The third-order valence-electron chi connectivity index (χ3n) is 4.01. The van der Waals surface area contributed by atoms with Crippen molar-refractivity contribution >= 4 is 0 Å². The molecule has 2 unspecified atom stereocenters. The molecule has 3 nitrogen and oxygen atoms in total. The van der Waals surface area contributed by atoms with Gasteiger partial charge in [0.25, 0.3) is 0 Å². The molecule has 1 aliphatic heterocycles. The average Bonchev–Trinajstić information content (AvgIpc) is 3.17. The molecule has 0 aromatic carbocycles. The first-order valence-corrected chi connectivity index (χ1v) is 6.77. The Kier molecular flexibility index (Phi) is 3.12. The Balaban J connectivity index is 1.89. The van der Waals surface area contributed by atoms with E-state index in [0.29, 0.717) is 6.04 Å². The number of nitrogens with zero attached hydrogens (tertiary/aromatic N) is 2. The minimum atomic E-state index is 0.266. The van der Waals surface area contributed by atoms with E-state index in [4.69, 9.17) is 5.73 Å². The van der Waals surface area contributed by atoms with Gasteiger partial charge in [-0.15, -0.1) is 0 Å². The third kappa shape index (κ3) is 2.35. The summed E-state index contributed by atoms with van der Waals surface area (Å²) in [6.45, 7) is 1.21. The molecule has 2 aliphatic rings. The van der Waals surface area contributed by atoms with E-state index in [1.165, 1.54) is 37.8 Å². The maximum Gasteiger partial charge on any atom is 0.0517 e. The Morgan fingerprint density at radius 1 is 1.24 bits per heavy atom. The molecule has 0 amide bonds. The van der Waals surface area contributed by atoms with E-state index in [9.17, 15) is 0 Å². The van der Waals surface area contributed by atoms with Crippen LogP contribution in [0.3, 0.4) is 0 Å². The fraction of sp³-hybridized carbons (Fsp3) is 0.643. The van der Waals surface area contributed by atoms with Gasteiger partial charge in [-0.3, -0.25) is 9.88 Å². The molecule has 0 spiro atoms. The summed E-state index contributed by atoms with van der Waals surface area (Å²) < 4.78 is 0. The summed E-state index contributed by atoms with van der Waals surface area (Å²) in [5.41, 5.74) is 7.70. The Hall–Kier alpha value is -0.930. The molecule has 2 heterocycles. The van der Waals surface area contributed by atoms with Crippen molar-refractivity contribution in [2.24, 2.45) is 5.73 Å². The highest BCUT2D eigenvalue weighted by Gasteiger charge is 2.38. The highest BCUT2D eigenvalue weighted by Crippen LogP contribution is 2.38. The summed E-state index contributed by atoms with van der Waals surface area (Å²) >= 11 is 0. The number of pyridine rings is 1. The van der Waals surface area contributed by atoms with Gasteiger partial charge in [-0.2, -0.15) is 0 Å². The first-order valence-electron chi connectivity index (χ1n) is 6.77. The predicted octanol–water partition coefficient (Wildman–Crippen LogP) is 2.10. The number of likely N-dealkylation sites (tertiary alicyclic amines) is 1. The quantitative estimate of drug-likeness (QED) is 0.847. The van der Waals surface area contributed by atoms with E-state index in [0.717, 1.165) is 12.5 Å². The van der Waals surface area contributed by atoms with Crippen LogP contribution >= 0.6 is 0 Å². The lowest BCUT2D eigenvalue weighted by molar-refractivity contribution is 0.175. The van der Waals surface area contributed by atoms with Gasteiger partial charge in [0.15, 0.2) is 0 Å². The molecule has 1 aliphatic carbocycles. The number of aromatic nitrogens is 1. The van der Waals surface area contributed by atoms with Crippen LogP contribution in [0.1, 0.15) is 43.7 Å². The molecule has 2 atom stereocenters. The van der Waals surface area contributed by atoms with Crippen LogP contribution in [0.2, 0.25) is 0 Å². The van der Waals surface area contributed by atoms with Gasteiger partial charge >= 0.3 is 0 Å². The zero-order valence-corrected chi connectivity index (χ0v) is 10.3. The molecule has 1 saturated heterocycles. The number of nitrogens with two attached hydrogens (primary N) is 1. The van der Waals surface area contributed by atoms with E-state index < -0.39 is 0 Å². The van der Waals surface area contributed by atoms with Gasteiger partial charge in [0.2, 0.25) is 0 Å². The Morgan fingerprint density at radius 2 is 2.12 bits per heavy atom. The molecule has 0 radical (unpaired) electrons. The van der Waals surface area contributed by atoms with E-state index in [1.54, 1.807) is 0 Å². The maximum atomic E-state index is 6.40. The van der Waals surface area contributed by atoms with Crippen LogP contribution in [-0.2, 0) is 0 Å². The largest absolute Gasteiger partial charge is 0.326 e. The first kappa shape index (κ1) is 11.2. The standard InChI is InChI=1S/C14H21N3/c15-13-5-1-2-9-17(12-6-7-12)14(13)11-4-3-8-16-10-11/h3-4,8,10,12-14H,1-2,5-7,9,15H2. The fourth-order valence-electron chi connectivity index (χ4n) is 3.02. The smallest absolute Gasteiger partial charge is 0.0517 e. The molecule has 2 fully saturated rings. The van der Waals surface area contributed by atoms with Gasteiger partial charge < -0.3 is 5.73 Å². The Labute approximate surface area is 103 Å². The van der Waals surface area contributed by atoms with Crippen LogP contribution in [0.25, 0.3) is 0 Å². The lowest BCUT2D eigenvalue weighted by atomic mass is 9.97. The summed E-state index contributed by atoms with van der Waals surface area (Å²) in [6, 6.07) is 5.64. The van der Waals surface area contributed by atoms with Crippen LogP contribution in [0.4, 0.5) is 0 Å². The van der Waals surface area contributed by atoms with Crippen LogP contribution in [-0.4, -0.2) is 28.5 Å². The monoisotopic (exact) mass is 231 g/mol. The van der Waals surface area contributed by atoms with Gasteiger partial charge in [0.1, 0.15) is 0 Å². The van der Waals surface area contributed by atoms with Crippen LogP contribution < -0.4 is 5.73 Å². The van der Waals surface area contributed by atoms with Crippen LogP contribution in [0, 0.1) is 0 Å². The van der Waals surface area contributed by atoms with Gasteiger partial charge in [-0.1, -0.05) is 12.5 Å². The summed E-state index contributed by atoms with van der Waals surface area (Å²) in [4.78, 5) is 6.89. The third-order valence-corrected chi connectivity index (χ3v) is 4.01. The molecular formula is C14H21N3. The van der Waals surface area contributed by atoms with Crippen molar-refractivity contribution in [1.82, 2.24) is 9.88 Å². The number of rotatable bonds is 2. The second-order valence-electron chi connectivity index (χ2n) is 5.36. The van der Waals surface area contributed by atoms with Crippen molar-refractivity contribution in [2.45, 2.75) is 50.2 Å². The molecule has 1 saturated carbocycles.